The quantitative estimate of drug-likeness (QED) is 0.424. The van der Waals surface area contributed by atoms with E-state index in [2.05, 4.69) is 0 Å². The Balaban J connectivity index is 1.54. The number of aryl methyl sites for hydroxylation is 1. The molecule has 0 spiro atoms. The van der Waals surface area contributed by atoms with Crippen molar-refractivity contribution < 1.29 is 19.0 Å². The van der Waals surface area contributed by atoms with Crippen LogP contribution in [0.1, 0.15) is 27.0 Å². The van der Waals surface area contributed by atoms with Gasteiger partial charge in [-0.3, -0.25) is 4.79 Å². The SMILES string of the molecule is COc1ccc(/C=C2\Oc3cc(OCc4ccc(Cl)c(Cl)c4)cc(C)c3C2=O)cc1. The molecule has 0 amide bonds. The molecule has 3 aromatic carbocycles. The fraction of sp³-hybridized carbons (Fsp3) is 0.125. The highest BCUT2D eigenvalue weighted by atomic mass is 35.5. The lowest BCUT2D eigenvalue weighted by Gasteiger charge is -2.10. The first-order chi connectivity index (χ1) is 14.4. The Labute approximate surface area is 184 Å². The second kappa shape index (κ2) is 8.42. The summed E-state index contributed by atoms with van der Waals surface area (Å²) < 4.78 is 16.9. The summed E-state index contributed by atoms with van der Waals surface area (Å²) in [4.78, 5) is 12.8. The summed E-state index contributed by atoms with van der Waals surface area (Å²) in [7, 11) is 1.61. The van der Waals surface area contributed by atoms with Crippen LogP contribution in [0.4, 0.5) is 0 Å². The molecule has 4 nitrogen and oxygen atoms in total. The van der Waals surface area contributed by atoms with E-state index in [4.69, 9.17) is 37.4 Å². The molecule has 0 N–H and O–H groups in total. The van der Waals surface area contributed by atoms with Crippen LogP contribution in [0.15, 0.2) is 60.4 Å². The van der Waals surface area contributed by atoms with Crippen molar-refractivity contribution in [3.05, 3.63) is 92.7 Å². The van der Waals surface area contributed by atoms with Crippen molar-refractivity contribution in [1.29, 1.82) is 0 Å². The normalized spacial score (nSPS) is 13.9. The Morgan fingerprint density at radius 3 is 2.43 bits per heavy atom. The maximum Gasteiger partial charge on any atom is 0.232 e. The third-order valence-corrected chi connectivity index (χ3v) is 5.49. The Morgan fingerprint density at radius 2 is 1.73 bits per heavy atom. The molecule has 0 aliphatic carbocycles. The Hall–Kier alpha value is -2.95. The van der Waals surface area contributed by atoms with Gasteiger partial charge >= 0.3 is 0 Å². The van der Waals surface area contributed by atoms with Crippen molar-refractivity contribution in [2.24, 2.45) is 0 Å². The standard InChI is InChI=1S/C24H18Cl2O4/c1-14-9-18(29-13-16-5-8-19(25)20(26)10-16)12-21-23(14)24(27)22(30-21)11-15-3-6-17(28-2)7-4-15/h3-12H,13H2,1-2H3/b22-11-. The van der Waals surface area contributed by atoms with Crippen LogP contribution in [0.3, 0.4) is 0 Å². The van der Waals surface area contributed by atoms with Crippen LogP contribution in [0.5, 0.6) is 17.2 Å². The monoisotopic (exact) mass is 440 g/mol. The average Bonchev–Trinajstić information content (AvgIpc) is 3.05. The third-order valence-electron chi connectivity index (χ3n) is 4.75. The Morgan fingerprint density at radius 1 is 0.967 bits per heavy atom. The maximum absolute atomic E-state index is 12.8. The number of Topliss-reactive ketones (excluding diaryl/α,β-unsaturated/α-hetero) is 1. The van der Waals surface area contributed by atoms with E-state index in [0.29, 0.717) is 33.7 Å². The number of benzene rings is 3. The summed E-state index contributed by atoms with van der Waals surface area (Å²) in [5.74, 6) is 1.98. The highest BCUT2D eigenvalue weighted by molar-refractivity contribution is 6.42. The van der Waals surface area contributed by atoms with Gasteiger partial charge in [-0.15, -0.1) is 0 Å². The summed E-state index contributed by atoms with van der Waals surface area (Å²) in [6, 6.07) is 16.3. The number of fused-ring (bicyclic) bond motifs is 1. The van der Waals surface area contributed by atoms with Gasteiger partial charge in [-0.05, 0) is 60.0 Å². The summed E-state index contributed by atoms with van der Waals surface area (Å²) in [5, 5.41) is 0.974. The summed E-state index contributed by atoms with van der Waals surface area (Å²) in [5.41, 5.74) is 3.08. The highest BCUT2D eigenvalue weighted by Crippen LogP contribution is 2.38. The van der Waals surface area contributed by atoms with E-state index in [-0.39, 0.29) is 11.5 Å². The molecule has 0 fully saturated rings. The Bertz CT molecular complexity index is 1150. The number of ketones is 1. The lowest BCUT2D eigenvalue weighted by Crippen LogP contribution is -2.00. The van der Waals surface area contributed by atoms with Gasteiger partial charge in [0.15, 0.2) is 5.76 Å². The molecule has 6 heteroatoms. The van der Waals surface area contributed by atoms with Crippen molar-refractivity contribution >= 4 is 35.1 Å². The number of ether oxygens (including phenoxy) is 3. The van der Waals surface area contributed by atoms with Crippen LogP contribution in [-0.4, -0.2) is 12.9 Å². The molecule has 0 aromatic heterocycles. The van der Waals surface area contributed by atoms with Crippen LogP contribution < -0.4 is 14.2 Å². The molecule has 30 heavy (non-hydrogen) atoms. The second-order valence-electron chi connectivity index (χ2n) is 6.86. The number of methoxy groups -OCH3 is 1. The maximum atomic E-state index is 12.8. The minimum atomic E-state index is -0.144. The van der Waals surface area contributed by atoms with Crippen molar-refractivity contribution in [2.45, 2.75) is 13.5 Å². The summed E-state index contributed by atoms with van der Waals surface area (Å²) in [6.07, 6.45) is 1.72. The van der Waals surface area contributed by atoms with Gasteiger partial charge in [-0.2, -0.15) is 0 Å². The fourth-order valence-electron chi connectivity index (χ4n) is 3.21. The van der Waals surface area contributed by atoms with Crippen LogP contribution >= 0.6 is 23.2 Å². The molecule has 4 rings (SSSR count). The van der Waals surface area contributed by atoms with Gasteiger partial charge in [0.1, 0.15) is 23.9 Å². The van der Waals surface area contributed by atoms with Crippen molar-refractivity contribution in [3.8, 4) is 17.2 Å². The average molecular weight is 441 g/mol. The van der Waals surface area contributed by atoms with Gasteiger partial charge in [0.05, 0.1) is 22.7 Å². The number of hydrogen-bond donors (Lipinski definition) is 0. The van der Waals surface area contributed by atoms with Gasteiger partial charge < -0.3 is 14.2 Å². The molecule has 0 radical (unpaired) electrons. The molecule has 0 unspecified atom stereocenters. The van der Waals surface area contributed by atoms with Crippen molar-refractivity contribution in [2.75, 3.05) is 7.11 Å². The van der Waals surface area contributed by atoms with Gasteiger partial charge in [0, 0.05) is 6.07 Å². The summed E-state index contributed by atoms with van der Waals surface area (Å²) >= 11 is 12.0. The molecular weight excluding hydrogens is 423 g/mol. The first-order valence-electron chi connectivity index (χ1n) is 9.24. The minimum absolute atomic E-state index is 0.144. The molecule has 0 saturated heterocycles. The molecule has 1 aliphatic heterocycles. The van der Waals surface area contributed by atoms with E-state index >= 15 is 0 Å². The van der Waals surface area contributed by atoms with Crippen molar-refractivity contribution in [1.82, 2.24) is 0 Å². The molecular formula is C24H18Cl2O4. The van der Waals surface area contributed by atoms with Gasteiger partial charge in [0.25, 0.3) is 0 Å². The number of hydrogen-bond acceptors (Lipinski definition) is 4. The third kappa shape index (κ3) is 4.16. The molecule has 0 saturated carbocycles. The number of carbonyl (C=O) groups excluding carboxylic acids is 1. The Kier molecular flexibility index (Phi) is 5.71. The molecule has 1 heterocycles. The minimum Gasteiger partial charge on any atom is -0.497 e. The molecule has 1 aliphatic rings. The van der Waals surface area contributed by atoms with E-state index in [0.717, 1.165) is 22.4 Å². The molecule has 152 valence electrons. The topological polar surface area (TPSA) is 44.8 Å². The second-order valence-corrected chi connectivity index (χ2v) is 7.68. The zero-order valence-electron chi connectivity index (χ0n) is 16.4. The first-order valence-corrected chi connectivity index (χ1v) is 10.00. The van der Waals surface area contributed by atoms with E-state index in [1.54, 1.807) is 31.4 Å². The van der Waals surface area contributed by atoms with E-state index in [1.165, 1.54) is 0 Å². The lowest BCUT2D eigenvalue weighted by molar-refractivity contribution is 0.101. The van der Waals surface area contributed by atoms with E-state index < -0.39 is 0 Å². The van der Waals surface area contributed by atoms with Crippen LogP contribution in [0.25, 0.3) is 6.08 Å². The summed E-state index contributed by atoms with van der Waals surface area (Å²) in [6.45, 7) is 2.18. The van der Waals surface area contributed by atoms with Gasteiger partial charge in [-0.1, -0.05) is 41.4 Å². The molecule has 0 atom stereocenters. The van der Waals surface area contributed by atoms with Crippen LogP contribution in [0.2, 0.25) is 10.0 Å². The number of halogens is 2. The number of carbonyl (C=O) groups is 1. The predicted octanol–water partition coefficient (Wildman–Crippen LogP) is 6.51. The fourth-order valence-corrected chi connectivity index (χ4v) is 3.53. The van der Waals surface area contributed by atoms with Crippen LogP contribution in [-0.2, 0) is 6.61 Å². The smallest absolute Gasteiger partial charge is 0.232 e. The number of rotatable bonds is 5. The molecule has 0 bridgehead atoms. The predicted molar refractivity (Wildman–Crippen MR) is 118 cm³/mol. The molecule has 3 aromatic rings. The van der Waals surface area contributed by atoms with Crippen LogP contribution in [0, 0.1) is 6.92 Å². The zero-order valence-corrected chi connectivity index (χ0v) is 17.9. The van der Waals surface area contributed by atoms with Gasteiger partial charge in [0.2, 0.25) is 5.78 Å². The zero-order chi connectivity index (χ0) is 21.3. The number of allylic oxidation sites excluding steroid dienone is 1. The van der Waals surface area contributed by atoms with Gasteiger partial charge in [-0.25, -0.2) is 0 Å². The first kappa shape index (κ1) is 20.3. The lowest BCUT2D eigenvalue weighted by atomic mass is 10.0. The van der Waals surface area contributed by atoms with E-state index in [1.807, 2.05) is 43.3 Å². The largest absolute Gasteiger partial charge is 0.497 e. The van der Waals surface area contributed by atoms with Crippen molar-refractivity contribution in [3.63, 3.8) is 0 Å². The highest BCUT2D eigenvalue weighted by Gasteiger charge is 2.30. The van der Waals surface area contributed by atoms with E-state index in [9.17, 15) is 4.79 Å².